The summed E-state index contributed by atoms with van der Waals surface area (Å²) in [5.74, 6) is -2.19. The minimum absolute atomic E-state index is 0.0620. The molecule has 15 heavy (non-hydrogen) atoms. The predicted molar refractivity (Wildman–Crippen MR) is 42.2 cm³/mol. The number of ether oxygens (including phenoxy) is 1. The highest BCUT2D eigenvalue weighted by atomic mass is 19.4. The molecule has 0 aliphatic carbocycles. The third kappa shape index (κ3) is 2.28. The van der Waals surface area contributed by atoms with Gasteiger partial charge >= 0.3 is 12.1 Å². The molecule has 1 aromatic rings. The van der Waals surface area contributed by atoms with Crippen molar-refractivity contribution in [3.63, 3.8) is 0 Å². The zero-order chi connectivity index (χ0) is 11.6. The molecule has 0 aliphatic heterocycles. The number of esters is 1. The van der Waals surface area contributed by atoms with Gasteiger partial charge in [0.05, 0.1) is 6.61 Å². The maximum atomic E-state index is 12.2. The van der Waals surface area contributed by atoms with E-state index >= 15 is 0 Å². The molecule has 0 unspecified atom stereocenters. The Morgan fingerprint density at radius 1 is 1.53 bits per heavy atom. The fourth-order valence-electron chi connectivity index (χ4n) is 0.990. The molecule has 1 rings (SSSR count). The third-order valence-electron chi connectivity index (χ3n) is 1.65. The van der Waals surface area contributed by atoms with E-state index in [1.54, 1.807) is 0 Å². The molecule has 0 atom stereocenters. The van der Waals surface area contributed by atoms with Gasteiger partial charge in [-0.1, -0.05) is 5.16 Å². The molecule has 4 nitrogen and oxygen atoms in total. The van der Waals surface area contributed by atoms with Crippen molar-refractivity contribution in [2.75, 3.05) is 6.61 Å². The molecule has 0 spiro atoms. The van der Waals surface area contributed by atoms with Gasteiger partial charge in [0.2, 0.25) is 5.76 Å². The van der Waals surface area contributed by atoms with Crippen molar-refractivity contribution in [2.24, 2.45) is 0 Å². The van der Waals surface area contributed by atoms with Gasteiger partial charge < -0.3 is 9.26 Å². The SMILES string of the molecule is CCOC(=O)c1noc(C(F)(F)F)c1C. The van der Waals surface area contributed by atoms with Crippen LogP contribution in [0.15, 0.2) is 4.52 Å². The Morgan fingerprint density at radius 2 is 2.13 bits per heavy atom. The highest BCUT2D eigenvalue weighted by Gasteiger charge is 2.40. The summed E-state index contributed by atoms with van der Waals surface area (Å²) in [4.78, 5) is 11.1. The van der Waals surface area contributed by atoms with Gasteiger partial charge in [0, 0.05) is 5.56 Å². The second-order valence-electron chi connectivity index (χ2n) is 2.70. The number of halogens is 3. The number of hydrogen-bond donors (Lipinski definition) is 0. The van der Waals surface area contributed by atoms with Crippen molar-refractivity contribution < 1.29 is 27.2 Å². The second-order valence-corrected chi connectivity index (χ2v) is 2.70. The third-order valence-corrected chi connectivity index (χ3v) is 1.65. The van der Waals surface area contributed by atoms with Crippen LogP contribution in [-0.2, 0) is 10.9 Å². The Labute approximate surface area is 83.0 Å². The Hall–Kier alpha value is -1.53. The molecule has 0 aliphatic rings. The molecule has 84 valence electrons. The molecule has 7 heteroatoms. The number of aromatic nitrogens is 1. The summed E-state index contributed by atoms with van der Waals surface area (Å²) in [6.45, 7) is 2.70. The lowest BCUT2D eigenvalue weighted by atomic mass is 10.2. The Kier molecular flexibility index (Phi) is 3.01. The minimum Gasteiger partial charge on any atom is -0.461 e. The van der Waals surface area contributed by atoms with Crippen molar-refractivity contribution in [2.45, 2.75) is 20.0 Å². The van der Waals surface area contributed by atoms with E-state index in [-0.39, 0.29) is 12.2 Å². The summed E-state index contributed by atoms with van der Waals surface area (Å²) in [6, 6.07) is 0. The van der Waals surface area contributed by atoms with E-state index < -0.39 is 23.6 Å². The average Bonchev–Trinajstić information content (AvgIpc) is 2.46. The molecule has 0 amide bonds. The average molecular weight is 223 g/mol. The van der Waals surface area contributed by atoms with Crippen molar-refractivity contribution in [1.82, 2.24) is 5.16 Å². The molecule has 1 heterocycles. The van der Waals surface area contributed by atoms with Crippen LogP contribution in [0, 0.1) is 6.92 Å². The molecule has 0 fully saturated rings. The first kappa shape index (κ1) is 11.5. The first-order valence-electron chi connectivity index (χ1n) is 4.08. The molecular weight excluding hydrogens is 215 g/mol. The number of nitrogens with zero attached hydrogens (tertiary/aromatic N) is 1. The van der Waals surface area contributed by atoms with Gasteiger partial charge in [0.15, 0.2) is 5.69 Å². The van der Waals surface area contributed by atoms with E-state index in [1.807, 2.05) is 0 Å². The number of carbonyl (C=O) groups excluding carboxylic acids is 1. The first-order valence-corrected chi connectivity index (χ1v) is 4.08. The van der Waals surface area contributed by atoms with Gasteiger partial charge in [-0.25, -0.2) is 4.79 Å². The minimum atomic E-state index is -4.65. The molecule has 1 aromatic heterocycles. The fraction of sp³-hybridized carbons (Fsp3) is 0.500. The van der Waals surface area contributed by atoms with Gasteiger partial charge in [-0.05, 0) is 13.8 Å². The second kappa shape index (κ2) is 3.92. The first-order chi connectivity index (χ1) is 6.88. The van der Waals surface area contributed by atoms with Crippen LogP contribution >= 0.6 is 0 Å². The molecule has 0 saturated heterocycles. The smallest absolute Gasteiger partial charge is 0.452 e. The van der Waals surface area contributed by atoms with Gasteiger partial charge in [-0.3, -0.25) is 0 Å². The van der Waals surface area contributed by atoms with Gasteiger partial charge in [0.1, 0.15) is 0 Å². The van der Waals surface area contributed by atoms with Crippen molar-refractivity contribution >= 4 is 5.97 Å². The Morgan fingerprint density at radius 3 is 2.53 bits per heavy atom. The van der Waals surface area contributed by atoms with Crippen LogP contribution in [-0.4, -0.2) is 17.7 Å². The van der Waals surface area contributed by atoms with Gasteiger partial charge in [-0.2, -0.15) is 13.2 Å². The predicted octanol–water partition coefficient (Wildman–Crippen LogP) is 2.18. The fourth-order valence-corrected chi connectivity index (χ4v) is 0.990. The Bertz CT molecular complexity index is 370. The normalized spacial score (nSPS) is 11.5. The molecule has 0 aromatic carbocycles. The van der Waals surface area contributed by atoms with Crippen LogP contribution < -0.4 is 0 Å². The van der Waals surface area contributed by atoms with E-state index in [0.717, 1.165) is 6.92 Å². The van der Waals surface area contributed by atoms with Crippen LogP contribution in [0.2, 0.25) is 0 Å². The van der Waals surface area contributed by atoms with Crippen LogP contribution in [0.1, 0.15) is 28.7 Å². The van der Waals surface area contributed by atoms with Gasteiger partial charge in [-0.15, -0.1) is 0 Å². The van der Waals surface area contributed by atoms with Crippen LogP contribution in [0.25, 0.3) is 0 Å². The lowest BCUT2D eigenvalue weighted by molar-refractivity contribution is -0.156. The highest BCUT2D eigenvalue weighted by molar-refractivity contribution is 5.88. The van der Waals surface area contributed by atoms with Crippen molar-refractivity contribution in [3.8, 4) is 0 Å². The lowest BCUT2D eigenvalue weighted by Crippen LogP contribution is -2.09. The van der Waals surface area contributed by atoms with E-state index in [2.05, 4.69) is 14.4 Å². The quantitative estimate of drug-likeness (QED) is 0.721. The monoisotopic (exact) mass is 223 g/mol. The lowest BCUT2D eigenvalue weighted by Gasteiger charge is -2.01. The summed E-state index contributed by atoms with van der Waals surface area (Å²) in [7, 11) is 0. The maximum absolute atomic E-state index is 12.2. The van der Waals surface area contributed by atoms with E-state index in [9.17, 15) is 18.0 Å². The van der Waals surface area contributed by atoms with Crippen molar-refractivity contribution in [1.29, 1.82) is 0 Å². The summed E-state index contributed by atoms with van der Waals surface area (Å²) >= 11 is 0. The maximum Gasteiger partial charge on any atom is 0.452 e. The largest absolute Gasteiger partial charge is 0.461 e. The van der Waals surface area contributed by atoms with Crippen LogP contribution in [0.5, 0.6) is 0 Å². The summed E-state index contributed by atoms with van der Waals surface area (Å²) < 4.78 is 45.2. The topological polar surface area (TPSA) is 52.3 Å². The van der Waals surface area contributed by atoms with E-state index in [4.69, 9.17) is 0 Å². The Balaban J connectivity index is 3.04. The van der Waals surface area contributed by atoms with Crippen LogP contribution in [0.3, 0.4) is 0 Å². The van der Waals surface area contributed by atoms with Gasteiger partial charge in [0.25, 0.3) is 0 Å². The molecule has 0 saturated carbocycles. The molecule has 0 radical (unpaired) electrons. The van der Waals surface area contributed by atoms with E-state index in [0.29, 0.717) is 0 Å². The van der Waals surface area contributed by atoms with E-state index in [1.165, 1.54) is 6.92 Å². The van der Waals surface area contributed by atoms with Crippen molar-refractivity contribution in [3.05, 3.63) is 17.0 Å². The molecule has 0 N–H and O–H groups in total. The number of carbonyl (C=O) groups is 1. The number of alkyl halides is 3. The number of rotatable bonds is 2. The molecular formula is C8H8F3NO3. The zero-order valence-corrected chi connectivity index (χ0v) is 8.01. The summed E-state index contributed by atoms with van der Waals surface area (Å²) in [5.41, 5.74) is -0.801. The van der Waals surface area contributed by atoms with Crippen LogP contribution in [0.4, 0.5) is 13.2 Å². The molecule has 0 bridgehead atoms. The highest BCUT2D eigenvalue weighted by Crippen LogP contribution is 2.32. The number of hydrogen-bond acceptors (Lipinski definition) is 4. The standard InChI is InChI=1S/C8H8F3NO3/c1-3-14-7(13)5-4(2)6(15-12-5)8(9,10)11/h3H2,1-2H3. The summed E-state index contributed by atoms with van der Waals surface area (Å²) in [6.07, 6.45) is -4.65. The zero-order valence-electron chi connectivity index (χ0n) is 8.01. The summed E-state index contributed by atoms with van der Waals surface area (Å²) in [5, 5.41) is 3.03.